The van der Waals surface area contributed by atoms with Crippen LogP contribution in [0.15, 0.2) is 12.3 Å². The summed E-state index contributed by atoms with van der Waals surface area (Å²) in [4.78, 5) is 13.8. The molecule has 2 rings (SSSR count). The minimum absolute atomic E-state index is 0.102. The van der Waals surface area contributed by atoms with Crippen molar-refractivity contribution >= 4 is 6.09 Å². The van der Waals surface area contributed by atoms with Gasteiger partial charge in [0.15, 0.2) is 0 Å². The molecule has 1 aliphatic heterocycles. The maximum atomic E-state index is 12.0. The molecule has 2 unspecified atom stereocenters. The molecule has 1 amide bonds. The molecule has 112 valence electrons. The van der Waals surface area contributed by atoms with Crippen LogP contribution in [-0.2, 0) is 11.8 Å². The Kier molecular flexibility index (Phi) is 4.04. The van der Waals surface area contributed by atoms with Gasteiger partial charge in [0.1, 0.15) is 5.60 Å². The Hall–Kier alpha value is -1.56. The topological polar surface area (TPSA) is 73.4 Å². The number of hydrogen-bond acceptors (Lipinski definition) is 4. The fourth-order valence-corrected chi connectivity index (χ4v) is 2.53. The molecular weight excluding hydrogens is 256 g/mol. The average Bonchev–Trinajstić information content (AvgIpc) is 2.94. The molecule has 0 bridgehead atoms. The van der Waals surface area contributed by atoms with Crippen LogP contribution in [0.4, 0.5) is 4.79 Å². The zero-order valence-corrected chi connectivity index (χ0v) is 12.7. The van der Waals surface area contributed by atoms with Crippen molar-refractivity contribution in [2.45, 2.75) is 38.8 Å². The molecule has 1 aromatic heterocycles. The van der Waals surface area contributed by atoms with E-state index >= 15 is 0 Å². The number of carbonyl (C=O) groups excluding carboxylic acids is 1. The van der Waals surface area contributed by atoms with E-state index in [0.717, 1.165) is 12.1 Å². The molecule has 2 heterocycles. The van der Waals surface area contributed by atoms with E-state index in [1.54, 1.807) is 15.8 Å². The molecule has 2 atom stereocenters. The van der Waals surface area contributed by atoms with Crippen LogP contribution in [0.2, 0.25) is 0 Å². The molecule has 1 saturated heterocycles. The maximum absolute atomic E-state index is 12.0. The monoisotopic (exact) mass is 280 g/mol. The second kappa shape index (κ2) is 5.44. The first-order chi connectivity index (χ1) is 9.28. The summed E-state index contributed by atoms with van der Waals surface area (Å²) in [7, 11) is 1.88. The third-order valence-corrected chi connectivity index (χ3v) is 3.58. The molecule has 6 heteroatoms. The van der Waals surface area contributed by atoms with E-state index in [2.05, 4.69) is 5.10 Å². The lowest BCUT2D eigenvalue weighted by Crippen LogP contribution is -2.36. The summed E-state index contributed by atoms with van der Waals surface area (Å²) in [6.45, 7) is 6.96. The SMILES string of the molecule is Cn1nccc1C(N)C1CCN(C(=O)OC(C)(C)C)C1. The van der Waals surface area contributed by atoms with E-state index in [9.17, 15) is 4.79 Å². The summed E-state index contributed by atoms with van der Waals surface area (Å²) in [5, 5.41) is 4.14. The Morgan fingerprint density at radius 2 is 2.25 bits per heavy atom. The predicted octanol–water partition coefficient (Wildman–Crippen LogP) is 1.68. The van der Waals surface area contributed by atoms with Gasteiger partial charge in [-0.15, -0.1) is 0 Å². The number of ether oxygens (including phenoxy) is 1. The molecule has 1 aromatic rings. The van der Waals surface area contributed by atoms with Crippen molar-refractivity contribution in [3.63, 3.8) is 0 Å². The van der Waals surface area contributed by atoms with E-state index in [1.807, 2.05) is 33.9 Å². The highest BCUT2D eigenvalue weighted by atomic mass is 16.6. The molecule has 1 fully saturated rings. The Bertz CT molecular complexity index is 478. The van der Waals surface area contributed by atoms with Gasteiger partial charge in [0, 0.05) is 26.3 Å². The van der Waals surface area contributed by atoms with Crippen molar-refractivity contribution in [1.29, 1.82) is 0 Å². The van der Waals surface area contributed by atoms with Crippen LogP contribution in [0.25, 0.3) is 0 Å². The third kappa shape index (κ3) is 3.30. The molecule has 2 N–H and O–H groups in total. The highest BCUT2D eigenvalue weighted by Crippen LogP contribution is 2.28. The lowest BCUT2D eigenvalue weighted by Gasteiger charge is -2.25. The van der Waals surface area contributed by atoms with Crippen molar-refractivity contribution in [3.8, 4) is 0 Å². The second-order valence-electron chi connectivity index (χ2n) is 6.38. The van der Waals surface area contributed by atoms with Crippen LogP contribution >= 0.6 is 0 Å². The first-order valence-electron chi connectivity index (χ1n) is 6.99. The molecule has 20 heavy (non-hydrogen) atoms. The van der Waals surface area contributed by atoms with Crippen LogP contribution in [-0.4, -0.2) is 39.5 Å². The Labute approximate surface area is 119 Å². The zero-order valence-electron chi connectivity index (χ0n) is 12.7. The minimum atomic E-state index is -0.459. The van der Waals surface area contributed by atoms with Gasteiger partial charge in [-0.1, -0.05) is 0 Å². The summed E-state index contributed by atoms with van der Waals surface area (Å²) in [5.41, 5.74) is 6.84. The van der Waals surface area contributed by atoms with Crippen LogP contribution in [0, 0.1) is 5.92 Å². The van der Waals surface area contributed by atoms with E-state index in [1.165, 1.54) is 0 Å². The van der Waals surface area contributed by atoms with Gasteiger partial charge in [0.25, 0.3) is 0 Å². The van der Waals surface area contributed by atoms with Crippen LogP contribution in [0.5, 0.6) is 0 Å². The number of carbonyl (C=O) groups is 1. The second-order valence-corrected chi connectivity index (χ2v) is 6.38. The largest absolute Gasteiger partial charge is 0.444 e. The minimum Gasteiger partial charge on any atom is -0.444 e. The van der Waals surface area contributed by atoms with E-state index in [-0.39, 0.29) is 18.1 Å². The maximum Gasteiger partial charge on any atom is 0.410 e. The molecule has 6 nitrogen and oxygen atoms in total. The van der Waals surface area contributed by atoms with Crippen LogP contribution < -0.4 is 5.73 Å². The normalized spacial score (nSPS) is 21.1. The van der Waals surface area contributed by atoms with Gasteiger partial charge >= 0.3 is 6.09 Å². The lowest BCUT2D eigenvalue weighted by molar-refractivity contribution is 0.0286. The highest BCUT2D eigenvalue weighted by Gasteiger charge is 2.33. The number of hydrogen-bond donors (Lipinski definition) is 1. The standard InChI is InChI=1S/C14H24N4O2/c1-14(2,3)20-13(19)18-8-6-10(9-18)12(15)11-5-7-16-17(11)4/h5,7,10,12H,6,8-9,15H2,1-4H3. The number of nitrogens with two attached hydrogens (primary N) is 1. The van der Waals surface area contributed by atoms with Gasteiger partial charge < -0.3 is 15.4 Å². The summed E-state index contributed by atoms with van der Waals surface area (Å²) in [6, 6.07) is 1.83. The van der Waals surface area contributed by atoms with Crippen molar-refractivity contribution < 1.29 is 9.53 Å². The number of rotatable bonds is 2. The molecule has 1 aliphatic rings. The lowest BCUT2D eigenvalue weighted by atomic mass is 9.97. The number of amides is 1. The van der Waals surface area contributed by atoms with Gasteiger partial charge in [-0.25, -0.2) is 4.79 Å². The summed E-state index contributed by atoms with van der Waals surface area (Å²) in [5.74, 6) is 0.248. The van der Waals surface area contributed by atoms with Crippen molar-refractivity contribution in [2.24, 2.45) is 18.7 Å². The van der Waals surface area contributed by atoms with Crippen LogP contribution in [0.3, 0.4) is 0 Å². The predicted molar refractivity (Wildman–Crippen MR) is 76.1 cm³/mol. The summed E-state index contributed by atoms with van der Waals surface area (Å²) < 4.78 is 7.19. The van der Waals surface area contributed by atoms with Gasteiger partial charge in [0.2, 0.25) is 0 Å². The van der Waals surface area contributed by atoms with Crippen LogP contribution in [0.1, 0.15) is 38.9 Å². The first-order valence-corrected chi connectivity index (χ1v) is 6.99. The van der Waals surface area contributed by atoms with Crippen molar-refractivity contribution in [1.82, 2.24) is 14.7 Å². The van der Waals surface area contributed by atoms with Gasteiger partial charge in [0.05, 0.1) is 11.7 Å². The van der Waals surface area contributed by atoms with Crippen molar-refractivity contribution in [3.05, 3.63) is 18.0 Å². The first kappa shape index (κ1) is 14.8. The van der Waals surface area contributed by atoms with Crippen molar-refractivity contribution in [2.75, 3.05) is 13.1 Å². The highest BCUT2D eigenvalue weighted by molar-refractivity contribution is 5.68. The number of aromatic nitrogens is 2. The Balaban J connectivity index is 1.95. The average molecular weight is 280 g/mol. The van der Waals surface area contributed by atoms with E-state index in [4.69, 9.17) is 10.5 Å². The molecule has 0 radical (unpaired) electrons. The molecule has 0 aromatic carbocycles. The molecule has 0 saturated carbocycles. The quantitative estimate of drug-likeness (QED) is 0.894. The zero-order chi connectivity index (χ0) is 14.9. The molecular formula is C14H24N4O2. The smallest absolute Gasteiger partial charge is 0.410 e. The van der Waals surface area contributed by atoms with Gasteiger partial charge in [-0.05, 0) is 39.2 Å². The van der Waals surface area contributed by atoms with Gasteiger partial charge in [-0.2, -0.15) is 5.10 Å². The number of nitrogens with zero attached hydrogens (tertiary/aromatic N) is 3. The fraction of sp³-hybridized carbons (Fsp3) is 0.714. The van der Waals surface area contributed by atoms with E-state index < -0.39 is 5.60 Å². The molecule has 0 spiro atoms. The Morgan fingerprint density at radius 3 is 2.80 bits per heavy atom. The third-order valence-electron chi connectivity index (χ3n) is 3.58. The molecule has 0 aliphatic carbocycles. The Morgan fingerprint density at radius 1 is 1.55 bits per heavy atom. The summed E-state index contributed by atoms with van der Waals surface area (Å²) >= 11 is 0. The number of aryl methyl sites for hydroxylation is 1. The van der Waals surface area contributed by atoms with E-state index in [0.29, 0.717) is 13.1 Å². The van der Waals surface area contributed by atoms with Gasteiger partial charge in [-0.3, -0.25) is 4.68 Å². The fourth-order valence-electron chi connectivity index (χ4n) is 2.53. The number of likely N-dealkylation sites (tertiary alicyclic amines) is 1. The summed E-state index contributed by atoms with van der Waals surface area (Å²) in [6.07, 6.45) is 2.39.